The van der Waals surface area contributed by atoms with E-state index in [1.165, 1.54) is 37.4 Å². The van der Waals surface area contributed by atoms with Gasteiger partial charge in [-0.2, -0.15) is 0 Å². The molecule has 0 heterocycles. The van der Waals surface area contributed by atoms with Crippen molar-refractivity contribution in [2.75, 3.05) is 12.4 Å². The summed E-state index contributed by atoms with van der Waals surface area (Å²) in [4.78, 5) is 11.4. The molecule has 0 bridgehead atoms. The largest absolute Gasteiger partial charge is 0.465 e. The highest BCUT2D eigenvalue weighted by molar-refractivity contribution is 9.10. The Bertz CT molecular complexity index is 677. The molecule has 2 aromatic carbocycles. The van der Waals surface area contributed by atoms with Crippen molar-refractivity contribution in [1.29, 1.82) is 0 Å². The Kier molecular flexibility index (Phi) is 4.90. The van der Waals surface area contributed by atoms with Gasteiger partial charge in [-0.05, 0) is 42.0 Å². The van der Waals surface area contributed by atoms with Gasteiger partial charge in [0.15, 0.2) is 0 Å². The maximum Gasteiger partial charge on any atom is 0.340 e. The van der Waals surface area contributed by atoms with Gasteiger partial charge in [0.1, 0.15) is 11.6 Å². The zero-order valence-electron chi connectivity index (χ0n) is 11.1. The van der Waals surface area contributed by atoms with Crippen LogP contribution in [0.5, 0.6) is 0 Å². The number of rotatable bonds is 4. The Morgan fingerprint density at radius 1 is 1.24 bits per heavy atom. The normalized spacial score (nSPS) is 10.3. The molecule has 0 saturated carbocycles. The second-order valence-electron chi connectivity index (χ2n) is 4.28. The fraction of sp³-hybridized carbons (Fsp3) is 0.133. The van der Waals surface area contributed by atoms with Crippen molar-refractivity contribution < 1.29 is 18.3 Å². The predicted octanol–water partition coefficient (Wildman–Crippen LogP) is 4.13. The summed E-state index contributed by atoms with van der Waals surface area (Å²) in [5.41, 5.74) is 1.09. The fourth-order valence-electron chi connectivity index (χ4n) is 1.78. The maximum absolute atomic E-state index is 13.5. The molecule has 21 heavy (non-hydrogen) atoms. The number of ether oxygens (including phenoxy) is 1. The van der Waals surface area contributed by atoms with Crippen molar-refractivity contribution in [3.8, 4) is 0 Å². The van der Waals surface area contributed by atoms with E-state index in [1.54, 1.807) is 6.07 Å². The van der Waals surface area contributed by atoms with Gasteiger partial charge in [0.05, 0.1) is 12.7 Å². The van der Waals surface area contributed by atoms with E-state index in [1.807, 2.05) is 0 Å². The van der Waals surface area contributed by atoms with Crippen molar-refractivity contribution in [1.82, 2.24) is 0 Å². The molecule has 0 atom stereocenters. The maximum atomic E-state index is 13.5. The Morgan fingerprint density at radius 2 is 2.00 bits per heavy atom. The van der Waals surface area contributed by atoms with Gasteiger partial charge >= 0.3 is 5.97 Å². The van der Waals surface area contributed by atoms with Crippen LogP contribution < -0.4 is 5.32 Å². The van der Waals surface area contributed by atoms with E-state index in [0.29, 0.717) is 17.8 Å². The number of halogens is 3. The molecule has 0 unspecified atom stereocenters. The standard InChI is InChI=1S/C15H12BrF2NO2/c1-21-15(20)12-7-11(3-5-14(12)18)19-8-9-6-10(17)2-4-13(9)16/h2-7,19H,8H2,1H3. The van der Waals surface area contributed by atoms with Gasteiger partial charge in [-0.1, -0.05) is 15.9 Å². The third-order valence-electron chi connectivity index (χ3n) is 2.86. The van der Waals surface area contributed by atoms with Crippen LogP contribution in [-0.2, 0) is 11.3 Å². The fourth-order valence-corrected chi connectivity index (χ4v) is 2.16. The van der Waals surface area contributed by atoms with E-state index in [-0.39, 0.29) is 11.4 Å². The van der Waals surface area contributed by atoms with Crippen molar-refractivity contribution in [2.45, 2.75) is 6.54 Å². The molecular formula is C15H12BrF2NO2. The summed E-state index contributed by atoms with van der Waals surface area (Å²) in [5, 5.41) is 3.00. The van der Waals surface area contributed by atoms with Crippen molar-refractivity contribution in [2.24, 2.45) is 0 Å². The summed E-state index contributed by atoms with van der Waals surface area (Å²) in [7, 11) is 1.19. The van der Waals surface area contributed by atoms with E-state index in [4.69, 9.17) is 0 Å². The van der Waals surface area contributed by atoms with Crippen LogP contribution in [0.3, 0.4) is 0 Å². The minimum absolute atomic E-state index is 0.152. The Morgan fingerprint density at radius 3 is 2.71 bits per heavy atom. The molecule has 0 aliphatic carbocycles. The van der Waals surface area contributed by atoms with Gasteiger partial charge in [-0.25, -0.2) is 13.6 Å². The summed E-state index contributed by atoms with van der Waals surface area (Å²) < 4.78 is 31.9. The molecule has 0 aromatic heterocycles. The van der Waals surface area contributed by atoms with E-state index >= 15 is 0 Å². The smallest absolute Gasteiger partial charge is 0.340 e. The Labute approximate surface area is 129 Å². The third kappa shape index (κ3) is 3.78. The average Bonchev–Trinajstić information content (AvgIpc) is 2.48. The topological polar surface area (TPSA) is 38.3 Å². The number of anilines is 1. The first-order valence-electron chi connectivity index (χ1n) is 6.07. The molecule has 0 spiro atoms. The minimum atomic E-state index is -0.747. The zero-order valence-corrected chi connectivity index (χ0v) is 12.7. The summed E-state index contributed by atoms with van der Waals surface area (Å²) in [6, 6.07) is 8.37. The van der Waals surface area contributed by atoms with E-state index in [9.17, 15) is 13.6 Å². The number of benzene rings is 2. The molecule has 0 radical (unpaired) electrons. The van der Waals surface area contributed by atoms with E-state index < -0.39 is 11.8 Å². The minimum Gasteiger partial charge on any atom is -0.465 e. The molecule has 0 saturated heterocycles. The highest BCUT2D eigenvalue weighted by Gasteiger charge is 2.12. The van der Waals surface area contributed by atoms with Crippen molar-refractivity contribution >= 4 is 27.6 Å². The van der Waals surface area contributed by atoms with Gasteiger partial charge in [-0.3, -0.25) is 0 Å². The second kappa shape index (κ2) is 6.67. The Hall–Kier alpha value is -1.95. The molecule has 0 aliphatic rings. The average molecular weight is 356 g/mol. The lowest BCUT2D eigenvalue weighted by atomic mass is 10.1. The highest BCUT2D eigenvalue weighted by Crippen LogP contribution is 2.21. The van der Waals surface area contributed by atoms with Gasteiger partial charge in [0, 0.05) is 16.7 Å². The van der Waals surface area contributed by atoms with Crippen LogP contribution in [0.4, 0.5) is 14.5 Å². The number of nitrogens with one attached hydrogen (secondary N) is 1. The first-order valence-corrected chi connectivity index (χ1v) is 6.86. The molecule has 2 rings (SSSR count). The summed E-state index contributed by atoms with van der Waals surface area (Å²) >= 11 is 3.32. The lowest BCUT2D eigenvalue weighted by Crippen LogP contribution is -2.07. The van der Waals surface area contributed by atoms with Crippen molar-refractivity contribution in [3.63, 3.8) is 0 Å². The third-order valence-corrected chi connectivity index (χ3v) is 3.64. The summed E-state index contributed by atoms with van der Waals surface area (Å²) in [6.07, 6.45) is 0. The summed E-state index contributed by atoms with van der Waals surface area (Å²) in [5.74, 6) is -1.74. The molecule has 3 nitrogen and oxygen atoms in total. The number of methoxy groups -OCH3 is 1. The number of carbonyl (C=O) groups is 1. The number of hydrogen-bond donors (Lipinski definition) is 1. The number of esters is 1. The van der Waals surface area contributed by atoms with Crippen LogP contribution in [0, 0.1) is 11.6 Å². The second-order valence-corrected chi connectivity index (χ2v) is 5.13. The quantitative estimate of drug-likeness (QED) is 0.838. The van der Waals surface area contributed by atoms with Gasteiger partial charge in [0.25, 0.3) is 0 Å². The molecule has 110 valence electrons. The molecule has 0 amide bonds. The molecule has 6 heteroatoms. The van der Waals surface area contributed by atoms with Crippen LogP contribution in [0.25, 0.3) is 0 Å². The Balaban J connectivity index is 2.17. The zero-order chi connectivity index (χ0) is 15.4. The number of hydrogen-bond acceptors (Lipinski definition) is 3. The lowest BCUT2D eigenvalue weighted by molar-refractivity contribution is 0.0595. The molecule has 1 N–H and O–H groups in total. The predicted molar refractivity (Wildman–Crippen MR) is 79.2 cm³/mol. The lowest BCUT2D eigenvalue weighted by Gasteiger charge is -2.10. The van der Waals surface area contributed by atoms with Crippen LogP contribution in [0.1, 0.15) is 15.9 Å². The molecule has 0 fully saturated rings. The monoisotopic (exact) mass is 355 g/mol. The van der Waals surface area contributed by atoms with E-state index in [2.05, 4.69) is 26.0 Å². The van der Waals surface area contributed by atoms with Crippen LogP contribution in [-0.4, -0.2) is 13.1 Å². The van der Waals surface area contributed by atoms with Gasteiger partial charge in [-0.15, -0.1) is 0 Å². The highest BCUT2D eigenvalue weighted by atomic mass is 79.9. The van der Waals surface area contributed by atoms with Gasteiger partial charge in [0.2, 0.25) is 0 Å². The molecule has 2 aromatic rings. The van der Waals surface area contributed by atoms with Crippen LogP contribution in [0.15, 0.2) is 40.9 Å². The summed E-state index contributed by atoms with van der Waals surface area (Å²) in [6.45, 7) is 0.324. The molecule has 0 aliphatic heterocycles. The van der Waals surface area contributed by atoms with Crippen LogP contribution >= 0.6 is 15.9 Å². The van der Waals surface area contributed by atoms with Gasteiger partial charge < -0.3 is 10.1 Å². The first kappa shape index (κ1) is 15.4. The SMILES string of the molecule is COC(=O)c1cc(NCc2cc(F)ccc2Br)ccc1F. The van der Waals surface area contributed by atoms with Crippen LogP contribution in [0.2, 0.25) is 0 Å². The number of carbonyl (C=O) groups excluding carboxylic acids is 1. The van der Waals surface area contributed by atoms with Crippen molar-refractivity contribution in [3.05, 3.63) is 63.6 Å². The first-order chi connectivity index (χ1) is 10.0. The van der Waals surface area contributed by atoms with E-state index in [0.717, 1.165) is 4.47 Å². The molecular weight excluding hydrogens is 344 g/mol.